The molecular formula is C14H14N2. The number of hydrogen-bond donors (Lipinski definition) is 0. The van der Waals surface area contributed by atoms with Gasteiger partial charge in [0, 0.05) is 23.4 Å². The minimum atomic E-state index is 0.902. The van der Waals surface area contributed by atoms with E-state index in [-0.39, 0.29) is 0 Å². The molecule has 80 valence electrons. The Morgan fingerprint density at radius 2 is 2.25 bits per heavy atom. The summed E-state index contributed by atoms with van der Waals surface area (Å²) in [5.41, 5.74) is 4.07. The highest BCUT2D eigenvalue weighted by atomic mass is 14.8. The highest BCUT2D eigenvalue weighted by Crippen LogP contribution is 2.31. The van der Waals surface area contributed by atoms with Gasteiger partial charge in [0.1, 0.15) is 0 Å². The van der Waals surface area contributed by atoms with E-state index in [0.717, 1.165) is 22.2 Å². The maximum absolute atomic E-state index is 4.41. The lowest BCUT2D eigenvalue weighted by Gasteiger charge is -2.08. The van der Waals surface area contributed by atoms with Crippen LogP contribution in [0.15, 0.2) is 36.0 Å². The quantitative estimate of drug-likeness (QED) is 0.690. The Hall–Kier alpha value is -1.96. The van der Waals surface area contributed by atoms with Crippen molar-refractivity contribution in [2.45, 2.75) is 13.8 Å². The minimum Gasteiger partial charge on any atom is -0.259 e. The Morgan fingerprint density at radius 3 is 2.94 bits per heavy atom. The molecule has 0 aliphatic carbocycles. The van der Waals surface area contributed by atoms with E-state index in [9.17, 15) is 0 Å². The Labute approximate surface area is 95.4 Å². The molecule has 0 aliphatic heterocycles. The molecule has 0 N–H and O–H groups in total. The summed E-state index contributed by atoms with van der Waals surface area (Å²) in [5.74, 6) is 0. The molecule has 1 aromatic heterocycles. The number of pyridine rings is 1. The van der Waals surface area contributed by atoms with Crippen LogP contribution in [0.25, 0.3) is 17.0 Å². The lowest BCUT2D eigenvalue weighted by atomic mass is 10.0. The lowest BCUT2D eigenvalue weighted by Crippen LogP contribution is -1.86. The summed E-state index contributed by atoms with van der Waals surface area (Å²) in [5, 5.41) is 1.15. The van der Waals surface area contributed by atoms with Crippen LogP contribution >= 0.6 is 0 Å². The van der Waals surface area contributed by atoms with Gasteiger partial charge in [-0.3, -0.25) is 9.98 Å². The van der Waals surface area contributed by atoms with Crippen LogP contribution in [-0.4, -0.2) is 11.2 Å². The molecule has 0 saturated heterocycles. The second-order valence-electron chi connectivity index (χ2n) is 3.62. The molecule has 0 unspecified atom stereocenters. The Bertz CT molecular complexity index is 568. The number of hydrogen-bond acceptors (Lipinski definition) is 2. The van der Waals surface area contributed by atoms with Crippen LogP contribution in [0.4, 0.5) is 5.69 Å². The van der Waals surface area contributed by atoms with E-state index in [1.807, 2.05) is 19.1 Å². The van der Waals surface area contributed by atoms with Crippen molar-refractivity contribution in [1.82, 2.24) is 4.98 Å². The standard InChI is InChI=1S/C14H14N2/c1-4-11-9-10(3)12-7-6-8-16-14(12)13(11)15-5-2/h4-9H,1H2,2-3H3. The topological polar surface area (TPSA) is 25.2 Å². The summed E-state index contributed by atoms with van der Waals surface area (Å²) >= 11 is 0. The van der Waals surface area contributed by atoms with Gasteiger partial charge in [-0.2, -0.15) is 0 Å². The molecule has 1 aromatic carbocycles. The van der Waals surface area contributed by atoms with E-state index in [1.54, 1.807) is 12.4 Å². The van der Waals surface area contributed by atoms with E-state index in [4.69, 9.17) is 0 Å². The first-order chi connectivity index (χ1) is 7.77. The molecule has 0 spiro atoms. The van der Waals surface area contributed by atoms with Crippen LogP contribution in [0, 0.1) is 6.92 Å². The summed E-state index contributed by atoms with van der Waals surface area (Å²) in [6.45, 7) is 7.80. The molecule has 0 radical (unpaired) electrons. The molecule has 2 nitrogen and oxygen atoms in total. The van der Waals surface area contributed by atoms with E-state index in [2.05, 4.69) is 35.6 Å². The number of nitrogens with zero attached hydrogens (tertiary/aromatic N) is 2. The van der Waals surface area contributed by atoms with E-state index in [0.29, 0.717) is 0 Å². The summed E-state index contributed by atoms with van der Waals surface area (Å²) in [6, 6.07) is 6.11. The molecule has 16 heavy (non-hydrogen) atoms. The maximum Gasteiger partial charge on any atom is 0.0967 e. The van der Waals surface area contributed by atoms with Crippen LogP contribution in [0.2, 0.25) is 0 Å². The molecule has 1 heterocycles. The van der Waals surface area contributed by atoms with Gasteiger partial charge in [-0.1, -0.05) is 18.7 Å². The predicted molar refractivity (Wildman–Crippen MR) is 70.4 cm³/mol. The van der Waals surface area contributed by atoms with Crippen molar-refractivity contribution in [1.29, 1.82) is 0 Å². The van der Waals surface area contributed by atoms with Gasteiger partial charge in [-0.05, 0) is 31.5 Å². The fourth-order valence-electron chi connectivity index (χ4n) is 1.85. The average Bonchev–Trinajstić information content (AvgIpc) is 2.33. The number of aryl methyl sites for hydroxylation is 1. The number of benzene rings is 1. The first kappa shape index (κ1) is 10.6. The molecule has 0 bridgehead atoms. The normalized spacial score (nSPS) is 11.1. The smallest absolute Gasteiger partial charge is 0.0967 e. The van der Waals surface area contributed by atoms with Crippen molar-refractivity contribution in [3.05, 3.63) is 42.1 Å². The van der Waals surface area contributed by atoms with Gasteiger partial charge in [0.15, 0.2) is 0 Å². The Kier molecular flexibility index (Phi) is 2.82. The van der Waals surface area contributed by atoms with E-state index < -0.39 is 0 Å². The highest BCUT2D eigenvalue weighted by Gasteiger charge is 2.07. The summed E-state index contributed by atoms with van der Waals surface area (Å²) < 4.78 is 0. The van der Waals surface area contributed by atoms with Crippen molar-refractivity contribution in [3.63, 3.8) is 0 Å². The van der Waals surface area contributed by atoms with Crippen molar-refractivity contribution >= 4 is 28.9 Å². The summed E-state index contributed by atoms with van der Waals surface area (Å²) in [4.78, 5) is 8.80. The number of aromatic nitrogens is 1. The largest absolute Gasteiger partial charge is 0.259 e. The number of aliphatic imine (C=N–C) groups is 1. The van der Waals surface area contributed by atoms with Crippen molar-refractivity contribution in [3.8, 4) is 0 Å². The highest BCUT2D eigenvalue weighted by molar-refractivity contribution is 5.96. The summed E-state index contributed by atoms with van der Waals surface area (Å²) in [6.07, 6.45) is 5.40. The molecule has 0 aliphatic rings. The fourth-order valence-corrected chi connectivity index (χ4v) is 1.85. The number of rotatable bonds is 2. The zero-order chi connectivity index (χ0) is 11.5. The van der Waals surface area contributed by atoms with Crippen LogP contribution in [0.1, 0.15) is 18.1 Å². The first-order valence-corrected chi connectivity index (χ1v) is 5.27. The minimum absolute atomic E-state index is 0.902. The van der Waals surface area contributed by atoms with Gasteiger partial charge in [0.25, 0.3) is 0 Å². The molecule has 0 atom stereocenters. The second-order valence-corrected chi connectivity index (χ2v) is 3.62. The summed E-state index contributed by atoms with van der Waals surface area (Å²) in [7, 11) is 0. The third-order valence-corrected chi connectivity index (χ3v) is 2.58. The van der Waals surface area contributed by atoms with E-state index in [1.165, 1.54) is 5.56 Å². The zero-order valence-electron chi connectivity index (χ0n) is 9.57. The lowest BCUT2D eigenvalue weighted by molar-refractivity contribution is 1.37. The molecular weight excluding hydrogens is 196 g/mol. The van der Waals surface area contributed by atoms with Crippen molar-refractivity contribution < 1.29 is 0 Å². The molecule has 2 rings (SSSR count). The third kappa shape index (κ3) is 1.63. The van der Waals surface area contributed by atoms with Crippen LogP contribution in [0.3, 0.4) is 0 Å². The monoisotopic (exact) mass is 210 g/mol. The Balaban J connectivity index is 2.92. The maximum atomic E-state index is 4.41. The van der Waals surface area contributed by atoms with Gasteiger partial charge in [-0.15, -0.1) is 0 Å². The molecule has 2 heteroatoms. The zero-order valence-corrected chi connectivity index (χ0v) is 9.57. The molecule has 2 aromatic rings. The van der Waals surface area contributed by atoms with Gasteiger partial charge in [-0.25, -0.2) is 0 Å². The second kappa shape index (κ2) is 4.27. The van der Waals surface area contributed by atoms with Gasteiger partial charge in [0.05, 0.1) is 11.2 Å². The predicted octanol–water partition coefficient (Wildman–Crippen LogP) is 3.91. The Morgan fingerprint density at radius 1 is 1.44 bits per heavy atom. The van der Waals surface area contributed by atoms with Crippen LogP contribution < -0.4 is 0 Å². The van der Waals surface area contributed by atoms with Crippen LogP contribution in [-0.2, 0) is 0 Å². The van der Waals surface area contributed by atoms with Crippen molar-refractivity contribution in [2.75, 3.05) is 0 Å². The molecule has 0 amide bonds. The van der Waals surface area contributed by atoms with Gasteiger partial charge < -0.3 is 0 Å². The van der Waals surface area contributed by atoms with Gasteiger partial charge in [0.2, 0.25) is 0 Å². The van der Waals surface area contributed by atoms with Crippen molar-refractivity contribution in [2.24, 2.45) is 4.99 Å². The first-order valence-electron chi connectivity index (χ1n) is 5.27. The molecule has 0 saturated carbocycles. The van der Waals surface area contributed by atoms with Gasteiger partial charge >= 0.3 is 0 Å². The fraction of sp³-hybridized carbons (Fsp3) is 0.143. The molecule has 0 fully saturated rings. The van der Waals surface area contributed by atoms with Crippen LogP contribution in [0.5, 0.6) is 0 Å². The SMILES string of the molecule is C=Cc1cc(C)c2cccnc2c1N=CC. The number of fused-ring (bicyclic) bond motifs is 1. The van der Waals surface area contributed by atoms with E-state index >= 15 is 0 Å². The average molecular weight is 210 g/mol. The third-order valence-electron chi connectivity index (χ3n) is 2.58.